The number of rotatable bonds is 6. The molecule has 0 heterocycles. The summed E-state index contributed by atoms with van der Waals surface area (Å²) in [6.45, 7) is 4.10. The number of halogens is 3. The number of carbonyl (C=O) groups is 2. The fourth-order valence-corrected chi connectivity index (χ4v) is 2.42. The Labute approximate surface area is 150 Å². The number of hydrogen-bond acceptors (Lipinski definition) is 2. The second-order valence-corrected chi connectivity index (χ2v) is 6.33. The molecule has 3 nitrogen and oxygen atoms in total. The monoisotopic (exact) mass is 363 g/mol. The van der Waals surface area contributed by atoms with E-state index in [9.17, 15) is 22.8 Å². The van der Waals surface area contributed by atoms with Gasteiger partial charge in [0.05, 0.1) is 5.56 Å². The Bertz CT molecular complexity index is 780. The molecular formula is C20H20F3NO2. The summed E-state index contributed by atoms with van der Waals surface area (Å²) in [6, 6.07) is 11.6. The van der Waals surface area contributed by atoms with E-state index < -0.39 is 17.6 Å². The fourth-order valence-electron chi connectivity index (χ4n) is 2.42. The van der Waals surface area contributed by atoms with E-state index in [0.29, 0.717) is 11.5 Å². The minimum atomic E-state index is -4.47. The fraction of sp³-hybridized carbons (Fsp3) is 0.300. The van der Waals surface area contributed by atoms with E-state index in [-0.39, 0.29) is 24.3 Å². The van der Waals surface area contributed by atoms with Crippen molar-refractivity contribution in [2.24, 2.45) is 0 Å². The van der Waals surface area contributed by atoms with Crippen LogP contribution in [0.5, 0.6) is 0 Å². The Morgan fingerprint density at radius 1 is 1.00 bits per heavy atom. The van der Waals surface area contributed by atoms with E-state index in [1.54, 1.807) is 12.1 Å². The molecule has 2 aromatic rings. The molecule has 0 bridgehead atoms. The summed E-state index contributed by atoms with van der Waals surface area (Å²) in [5.41, 5.74) is 0.847. The summed E-state index contributed by atoms with van der Waals surface area (Å²) in [7, 11) is 0. The Balaban J connectivity index is 1.91. The summed E-state index contributed by atoms with van der Waals surface area (Å²) < 4.78 is 38.0. The first-order valence-electron chi connectivity index (χ1n) is 8.27. The van der Waals surface area contributed by atoms with E-state index in [1.807, 2.05) is 12.1 Å². The average molecular weight is 363 g/mol. The molecule has 0 fully saturated rings. The van der Waals surface area contributed by atoms with Crippen molar-refractivity contribution in [2.75, 3.05) is 5.32 Å². The van der Waals surface area contributed by atoms with Gasteiger partial charge in [-0.15, -0.1) is 0 Å². The van der Waals surface area contributed by atoms with Gasteiger partial charge in [0, 0.05) is 24.1 Å². The number of anilines is 1. The van der Waals surface area contributed by atoms with Crippen LogP contribution in [0.2, 0.25) is 0 Å². The van der Waals surface area contributed by atoms with Crippen LogP contribution in [0.3, 0.4) is 0 Å². The number of hydrogen-bond donors (Lipinski definition) is 1. The summed E-state index contributed by atoms with van der Waals surface area (Å²) in [6.07, 6.45) is -4.58. The molecule has 1 amide bonds. The zero-order valence-corrected chi connectivity index (χ0v) is 14.6. The average Bonchev–Trinajstić information content (AvgIpc) is 2.59. The highest BCUT2D eigenvalue weighted by molar-refractivity contribution is 6.00. The number of benzene rings is 2. The van der Waals surface area contributed by atoms with E-state index in [4.69, 9.17) is 0 Å². The summed E-state index contributed by atoms with van der Waals surface area (Å²) >= 11 is 0. The van der Waals surface area contributed by atoms with Gasteiger partial charge >= 0.3 is 6.18 Å². The number of Topliss-reactive ketones (excluding diaryl/α,β-unsaturated/α-hetero) is 1. The van der Waals surface area contributed by atoms with Gasteiger partial charge in [0.25, 0.3) is 0 Å². The van der Waals surface area contributed by atoms with Gasteiger partial charge in [-0.3, -0.25) is 9.59 Å². The predicted molar refractivity (Wildman–Crippen MR) is 94.2 cm³/mol. The quantitative estimate of drug-likeness (QED) is 0.696. The van der Waals surface area contributed by atoms with E-state index in [1.165, 1.54) is 12.1 Å². The van der Waals surface area contributed by atoms with Gasteiger partial charge in [-0.05, 0) is 29.7 Å². The highest BCUT2D eigenvalue weighted by Gasteiger charge is 2.30. The maximum Gasteiger partial charge on any atom is 0.416 e. The molecule has 138 valence electrons. The second-order valence-electron chi connectivity index (χ2n) is 6.33. The van der Waals surface area contributed by atoms with Crippen LogP contribution in [0.4, 0.5) is 18.9 Å². The first-order valence-corrected chi connectivity index (χ1v) is 8.27. The summed E-state index contributed by atoms with van der Waals surface area (Å²) in [4.78, 5) is 24.0. The molecule has 0 spiro atoms. The zero-order valence-electron chi connectivity index (χ0n) is 14.6. The van der Waals surface area contributed by atoms with Crippen molar-refractivity contribution in [3.63, 3.8) is 0 Å². The molecule has 0 aromatic heterocycles. The highest BCUT2D eigenvalue weighted by Crippen LogP contribution is 2.30. The Morgan fingerprint density at radius 3 is 2.23 bits per heavy atom. The number of carbonyl (C=O) groups excluding carboxylic acids is 2. The topological polar surface area (TPSA) is 46.2 Å². The van der Waals surface area contributed by atoms with Crippen molar-refractivity contribution < 1.29 is 22.8 Å². The van der Waals surface area contributed by atoms with Gasteiger partial charge in [0.15, 0.2) is 5.78 Å². The molecule has 0 aliphatic rings. The normalized spacial score (nSPS) is 11.5. The zero-order chi connectivity index (χ0) is 19.3. The van der Waals surface area contributed by atoms with Crippen molar-refractivity contribution in [1.29, 1.82) is 0 Å². The van der Waals surface area contributed by atoms with Crippen LogP contribution in [0.25, 0.3) is 0 Å². The van der Waals surface area contributed by atoms with Crippen molar-refractivity contribution in [1.82, 2.24) is 0 Å². The van der Waals surface area contributed by atoms with Crippen molar-refractivity contribution >= 4 is 17.4 Å². The van der Waals surface area contributed by atoms with E-state index in [0.717, 1.165) is 17.7 Å². The van der Waals surface area contributed by atoms with E-state index in [2.05, 4.69) is 19.2 Å². The van der Waals surface area contributed by atoms with Crippen molar-refractivity contribution in [3.05, 3.63) is 65.2 Å². The molecule has 0 radical (unpaired) electrons. The summed E-state index contributed by atoms with van der Waals surface area (Å²) in [5.74, 6) is -0.326. The molecule has 0 unspecified atom stereocenters. The van der Waals surface area contributed by atoms with Crippen LogP contribution in [0.15, 0.2) is 48.5 Å². The van der Waals surface area contributed by atoms with Crippen LogP contribution in [-0.2, 0) is 11.0 Å². The smallest absolute Gasteiger partial charge is 0.326 e. The first kappa shape index (κ1) is 19.7. The van der Waals surface area contributed by atoms with Crippen LogP contribution < -0.4 is 5.32 Å². The van der Waals surface area contributed by atoms with Crippen LogP contribution in [-0.4, -0.2) is 11.7 Å². The molecule has 0 aliphatic heterocycles. The van der Waals surface area contributed by atoms with Crippen molar-refractivity contribution in [2.45, 2.75) is 38.8 Å². The molecule has 0 atom stereocenters. The Hall–Kier alpha value is -2.63. The SMILES string of the molecule is CC(C)c1ccc(C(=O)CCC(=O)Nc2cccc(C(F)(F)F)c2)cc1. The third-order valence-corrected chi connectivity index (χ3v) is 3.95. The van der Waals surface area contributed by atoms with Gasteiger partial charge in [-0.2, -0.15) is 13.2 Å². The number of nitrogens with one attached hydrogen (secondary N) is 1. The van der Waals surface area contributed by atoms with Crippen LogP contribution in [0, 0.1) is 0 Å². The lowest BCUT2D eigenvalue weighted by Crippen LogP contribution is -2.14. The molecule has 2 rings (SSSR count). The molecule has 0 saturated carbocycles. The summed E-state index contributed by atoms with van der Waals surface area (Å²) in [5, 5.41) is 2.39. The second kappa shape index (κ2) is 8.17. The third kappa shape index (κ3) is 5.44. The maximum absolute atomic E-state index is 12.7. The number of ketones is 1. The number of amides is 1. The minimum absolute atomic E-state index is 0.00811. The highest BCUT2D eigenvalue weighted by atomic mass is 19.4. The van der Waals surface area contributed by atoms with Gasteiger partial charge in [0.1, 0.15) is 0 Å². The molecule has 26 heavy (non-hydrogen) atoms. The van der Waals surface area contributed by atoms with E-state index >= 15 is 0 Å². The molecule has 0 aliphatic carbocycles. The van der Waals surface area contributed by atoms with Gasteiger partial charge < -0.3 is 5.32 Å². The predicted octanol–water partition coefficient (Wildman–Crippen LogP) is 5.43. The maximum atomic E-state index is 12.7. The Morgan fingerprint density at radius 2 is 1.65 bits per heavy atom. The standard InChI is InChI=1S/C20H20F3NO2/c1-13(2)14-6-8-15(9-7-14)18(25)10-11-19(26)24-17-5-3-4-16(12-17)20(21,22)23/h3-9,12-13H,10-11H2,1-2H3,(H,24,26). The molecule has 0 saturated heterocycles. The van der Waals surface area contributed by atoms with Crippen molar-refractivity contribution in [3.8, 4) is 0 Å². The third-order valence-electron chi connectivity index (χ3n) is 3.95. The molecule has 6 heteroatoms. The molecule has 1 N–H and O–H groups in total. The lowest BCUT2D eigenvalue weighted by atomic mass is 9.99. The van der Waals surface area contributed by atoms with Gasteiger partial charge in [0.2, 0.25) is 5.91 Å². The van der Waals surface area contributed by atoms with Crippen LogP contribution >= 0.6 is 0 Å². The number of alkyl halides is 3. The largest absolute Gasteiger partial charge is 0.416 e. The lowest BCUT2D eigenvalue weighted by molar-refractivity contribution is -0.137. The lowest BCUT2D eigenvalue weighted by Gasteiger charge is -2.10. The Kier molecular flexibility index (Phi) is 6.18. The van der Waals surface area contributed by atoms with Crippen LogP contribution in [0.1, 0.15) is 54.1 Å². The molecule has 2 aromatic carbocycles. The first-order chi connectivity index (χ1) is 12.2. The van der Waals surface area contributed by atoms with Gasteiger partial charge in [-0.1, -0.05) is 44.2 Å². The van der Waals surface area contributed by atoms with Gasteiger partial charge in [-0.25, -0.2) is 0 Å². The minimum Gasteiger partial charge on any atom is -0.326 e. The molecular weight excluding hydrogens is 343 g/mol.